The van der Waals surface area contributed by atoms with E-state index in [0.29, 0.717) is 0 Å². The van der Waals surface area contributed by atoms with Crippen molar-refractivity contribution in [1.82, 2.24) is 0 Å². The monoisotopic (exact) mass is 396 g/mol. The van der Waals surface area contributed by atoms with E-state index in [2.05, 4.69) is 107 Å². The third-order valence-electron chi connectivity index (χ3n) is 5.49. The minimum Gasteiger partial charge on any atom is -0.0619 e. The van der Waals surface area contributed by atoms with E-state index >= 15 is 0 Å². The van der Waals surface area contributed by atoms with Gasteiger partial charge < -0.3 is 0 Å². The normalized spacial score (nSPS) is 16.1. The Bertz CT molecular complexity index is 1050. The summed E-state index contributed by atoms with van der Waals surface area (Å²) in [7, 11) is 0. The molecule has 0 bridgehead atoms. The number of benzene rings is 3. The van der Waals surface area contributed by atoms with Crippen LogP contribution in [0.2, 0.25) is 0 Å². The van der Waals surface area contributed by atoms with Gasteiger partial charge in [0.05, 0.1) is 5.41 Å². The van der Waals surface area contributed by atoms with Gasteiger partial charge in [-0.1, -0.05) is 113 Å². The maximum Gasteiger partial charge on any atom is 0.0659 e. The number of hydrogen-bond acceptors (Lipinski definition) is 0. The van der Waals surface area contributed by atoms with Gasteiger partial charge in [-0.2, -0.15) is 0 Å². The van der Waals surface area contributed by atoms with Gasteiger partial charge in [0.15, 0.2) is 0 Å². The lowest BCUT2D eigenvalue weighted by molar-refractivity contribution is 0.821. The summed E-state index contributed by atoms with van der Waals surface area (Å²) in [6.07, 6.45) is 8.74. The SMILES string of the molecule is Br/C=C/C=C\C1=CC2(c3ccccc31)c1ccccc1-c1ccccc12. The van der Waals surface area contributed by atoms with Crippen LogP contribution in [0, 0.1) is 0 Å². The van der Waals surface area contributed by atoms with Crippen molar-refractivity contribution in [3.8, 4) is 11.1 Å². The smallest absolute Gasteiger partial charge is 0.0619 e. The van der Waals surface area contributed by atoms with Crippen molar-refractivity contribution in [3.63, 3.8) is 0 Å². The fourth-order valence-electron chi connectivity index (χ4n) is 4.52. The van der Waals surface area contributed by atoms with E-state index in [-0.39, 0.29) is 5.41 Å². The van der Waals surface area contributed by atoms with Gasteiger partial charge in [-0.3, -0.25) is 0 Å². The molecule has 0 radical (unpaired) electrons. The van der Waals surface area contributed by atoms with E-state index in [1.54, 1.807) is 0 Å². The lowest BCUT2D eigenvalue weighted by atomic mass is 9.74. The van der Waals surface area contributed by atoms with E-state index in [4.69, 9.17) is 0 Å². The van der Waals surface area contributed by atoms with Crippen molar-refractivity contribution in [2.24, 2.45) is 0 Å². The average Bonchev–Trinajstić information content (AvgIpc) is 3.18. The zero-order valence-corrected chi connectivity index (χ0v) is 15.8. The van der Waals surface area contributed by atoms with Crippen molar-refractivity contribution in [2.75, 3.05) is 0 Å². The first-order valence-corrected chi connectivity index (χ1v) is 9.73. The van der Waals surface area contributed by atoms with Gasteiger partial charge in [-0.25, -0.2) is 0 Å². The topological polar surface area (TPSA) is 0 Å². The van der Waals surface area contributed by atoms with Crippen molar-refractivity contribution < 1.29 is 0 Å². The van der Waals surface area contributed by atoms with Crippen LogP contribution in [0.4, 0.5) is 0 Å². The van der Waals surface area contributed by atoms with Crippen LogP contribution in [0.5, 0.6) is 0 Å². The maximum atomic E-state index is 3.34. The van der Waals surface area contributed by atoms with Crippen molar-refractivity contribution in [3.05, 3.63) is 124 Å². The third-order valence-corrected chi connectivity index (χ3v) is 5.79. The minimum atomic E-state index is -0.193. The molecule has 0 nitrogen and oxygen atoms in total. The molecular weight excluding hydrogens is 380 g/mol. The molecule has 3 aromatic rings. The Hall–Kier alpha value is -2.64. The Labute approximate surface area is 162 Å². The molecule has 3 aromatic carbocycles. The maximum absolute atomic E-state index is 3.34. The largest absolute Gasteiger partial charge is 0.0659 e. The van der Waals surface area contributed by atoms with Gasteiger partial charge in [-0.15, -0.1) is 0 Å². The fraction of sp³-hybridized carbons (Fsp3) is 0.0400. The first-order chi connectivity index (χ1) is 12.9. The Morgan fingerprint density at radius 1 is 0.615 bits per heavy atom. The van der Waals surface area contributed by atoms with Crippen LogP contribution in [0.3, 0.4) is 0 Å². The quantitative estimate of drug-likeness (QED) is 0.414. The standard InChI is InChI=1S/C25H17Br/c26-16-8-7-9-18-17-25(22-13-4-1-10-19(18)22)23-14-5-2-11-20(23)21-12-3-6-15-24(21)25/h1-17H/b9-7-,16-8+. The van der Waals surface area contributed by atoms with Crippen molar-refractivity contribution >= 4 is 21.5 Å². The molecule has 0 aliphatic heterocycles. The van der Waals surface area contributed by atoms with E-state index in [1.165, 1.54) is 39.0 Å². The van der Waals surface area contributed by atoms with Crippen LogP contribution in [-0.4, -0.2) is 0 Å². The Morgan fingerprint density at radius 2 is 1.12 bits per heavy atom. The molecule has 0 atom stereocenters. The number of halogens is 1. The van der Waals surface area contributed by atoms with Crippen LogP contribution in [0.1, 0.15) is 22.3 Å². The molecule has 0 heterocycles. The van der Waals surface area contributed by atoms with E-state index in [0.717, 1.165) is 0 Å². The highest BCUT2D eigenvalue weighted by Crippen LogP contribution is 2.58. The van der Waals surface area contributed by atoms with Crippen molar-refractivity contribution in [2.45, 2.75) is 5.41 Å². The van der Waals surface area contributed by atoms with Gasteiger partial charge in [0.25, 0.3) is 0 Å². The molecule has 0 unspecified atom stereocenters. The summed E-state index contributed by atoms with van der Waals surface area (Å²) in [5.41, 5.74) is 9.23. The highest BCUT2D eigenvalue weighted by atomic mass is 79.9. The molecule has 0 saturated heterocycles. The lowest BCUT2D eigenvalue weighted by Crippen LogP contribution is -2.22. The second kappa shape index (κ2) is 5.96. The van der Waals surface area contributed by atoms with Crippen LogP contribution < -0.4 is 0 Å². The summed E-state index contributed by atoms with van der Waals surface area (Å²) < 4.78 is 0. The summed E-state index contributed by atoms with van der Waals surface area (Å²) in [5, 5.41) is 0. The minimum absolute atomic E-state index is 0.193. The third kappa shape index (κ3) is 2.01. The van der Waals surface area contributed by atoms with Gasteiger partial charge in [0.2, 0.25) is 0 Å². The molecule has 0 amide bonds. The molecule has 26 heavy (non-hydrogen) atoms. The molecule has 0 saturated carbocycles. The van der Waals surface area contributed by atoms with E-state index < -0.39 is 0 Å². The first kappa shape index (κ1) is 15.6. The molecule has 0 fully saturated rings. The predicted molar refractivity (Wildman–Crippen MR) is 113 cm³/mol. The molecule has 1 spiro atoms. The van der Waals surface area contributed by atoms with Gasteiger partial charge >= 0.3 is 0 Å². The summed E-state index contributed by atoms with van der Waals surface area (Å²) in [4.78, 5) is 1.88. The van der Waals surface area contributed by atoms with Crippen LogP contribution in [0.15, 0.2) is 102 Å². The number of rotatable bonds is 2. The summed E-state index contributed by atoms with van der Waals surface area (Å²) in [6.45, 7) is 0. The van der Waals surface area contributed by atoms with Gasteiger partial charge in [-0.05, 0) is 43.9 Å². The van der Waals surface area contributed by atoms with Crippen LogP contribution in [-0.2, 0) is 5.41 Å². The fourth-order valence-corrected chi connectivity index (χ4v) is 4.70. The Kier molecular flexibility index (Phi) is 3.58. The lowest BCUT2D eigenvalue weighted by Gasteiger charge is -2.27. The first-order valence-electron chi connectivity index (χ1n) is 8.82. The number of hydrogen-bond donors (Lipinski definition) is 0. The highest BCUT2D eigenvalue weighted by molar-refractivity contribution is 9.11. The van der Waals surface area contributed by atoms with Gasteiger partial charge in [0, 0.05) is 0 Å². The van der Waals surface area contributed by atoms with E-state index in [9.17, 15) is 0 Å². The number of fused-ring (bicyclic) bond motifs is 7. The van der Waals surface area contributed by atoms with Gasteiger partial charge in [0.1, 0.15) is 0 Å². The molecule has 5 rings (SSSR count). The van der Waals surface area contributed by atoms with Crippen molar-refractivity contribution in [1.29, 1.82) is 0 Å². The molecule has 124 valence electrons. The molecule has 2 aliphatic rings. The summed E-state index contributed by atoms with van der Waals surface area (Å²) >= 11 is 3.34. The Morgan fingerprint density at radius 3 is 1.69 bits per heavy atom. The zero-order chi connectivity index (χ0) is 17.6. The molecule has 0 N–H and O–H groups in total. The number of allylic oxidation sites excluding steroid dienone is 5. The highest BCUT2D eigenvalue weighted by Gasteiger charge is 2.46. The molecule has 2 aliphatic carbocycles. The molecule has 0 aromatic heterocycles. The second-order valence-electron chi connectivity index (χ2n) is 6.72. The van der Waals surface area contributed by atoms with Crippen LogP contribution in [0.25, 0.3) is 16.7 Å². The van der Waals surface area contributed by atoms with E-state index in [1.807, 2.05) is 11.1 Å². The second-order valence-corrected chi connectivity index (χ2v) is 7.25. The zero-order valence-electron chi connectivity index (χ0n) is 14.2. The predicted octanol–water partition coefficient (Wildman–Crippen LogP) is 6.86. The summed E-state index contributed by atoms with van der Waals surface area (Å²) in [6, 6.07) is 26.5. The average molecular weight is 397 g/mol. The molecular formula is C25H17Br. The molecule has 1 heteroatoms. The summed E-state index contributed by atoms with van der Waals surface area (Å²) in [5.74, 6) is 0. The Balaban J connectivity index is 1.86. The van der Waals surface area contributed by atoms with Crippen LogP contribution >= 0.6 is 15.9 Å².